The second kappa shape index (κ2) is 8.77. The highest BCUT2D eigenvalue weighted by Crippen LogP contribution is 2.44. The number of fused-ring (bicyclic) bond motifs is 1. The summed E-state index contributed by atoms with van der Waals surface area (Å²) in [5, 5.41) is 12.4. The first-order valence-corrected chi connectivity index (χ1v) is 11.4. The van der Waals surface area contributed by atoms with Crippen molar-refractivity contribution in [2.75, 3.05) is 21.3 Å². The number of H-pyrrole nitrogens is 1. The average molecular weight is 444 g/mol. The number of benzene rings is 2. The fourth-order valence-corrected chi connectivity index (χ4v) is 4.92. The molecule has 170 valence electrons. The fraction of sp³-hybridized carbons (Fsp3) is 0.333. The van der Waals surface area contributed by atoms with Gasteiger partial charge in [0.15, 0.2) is 0 Å². The molecule has 1 N–H and O–H groups in total. The Morgan fingerprint density at radius 2 is 1.67 bits per heavy atom. The predicted octanol–water partition coefficient (Wildman–Crippen LogP) is 5.13. The van der Waals surface area contributed by atoms with E-state index in [4.69, 9.17) is 19.4 Å². The minimum Gasteiger partial charge on any atom is -0.497 e. The smallest absolute Gasteiger partial charge is 0.119 e. The van der Waals surface area contributed by atoms with E-state index in [2.05, 4.69) is 46.7 Å². The van der Waals surface area contributed by atoms with E-state index in [-0.39, 0.29) is 0 Å². The normalized spacial score (nSPS) is 17.2. The van der Waals surface area contributed by atoms with E-state index < -0.39 is 5.41 Å². The molecule has 0 aliphatic heterocycles. The van der Waals surface area contributed by atoms with Gasteiger partial charge >= 0.3 is 0 Å². The van der Waals surface area contributed by atoms with Crippen LogP contribution < -0.4 is 9.47 Å². The molecule has 33 heavy (non-hydrogen) atoms. The van der Waals surface area contributed by atoms with Gasteiger partial charge in [-0.25, -0.2) is 0 Å². The Labute approximate surface area is 194 Å². The van der Waals surface area contributed by atoms with Crippen molar-refractivity contribution >= 4 is 11.8 Å². The van der Waals surface area contributed by atoms with Crippen LogP contribution in [-0.4, -0.2) is 37.2 Å². The summed E-state index contributed by atoms with van der Waals surface area (Å²) in [5.74, 6) is 2.08. The van der Waals surface area contributed by atoms with E-state index in [0.717, 1.165) is 64.6 Å². The zero-order valence-electron chi connectivity index (χ0n) is 19.3. The first-order chi connectivity index (χ1) is 16.2. The molecule has 3 aromatic rings. The largest absolute Gasteiger partial charge is 0.497 e. The molecule has 0 unspecified atom stereocenters. The van der Waals surface area contributed by atoms with Crippen LogP contribution in [0.5, 0.6) is 11.5 Å². The van der Waals surface area contributed by atoms with Crippen LogP contribution >= 0.6 is 0 Å². The van der Waals surface area contributed by atoms with Gasteiger partial charge in [0, 0.05) is 29.0 Å². The van der Waals surface area contributed by atoms with Crippen LogP contribution in [0.1, 0.15) is 47.3 Å². The number of oxime groups is 1. The fourth-order valence-electron chi connectivity index (χ4n) is 4.92. The van der Waals surface area contributed by atoms with Crippen molar-refractivity contribution in [3.8, 4) is 11.5 Å². The van der Waals surface area contributed by atoms with Crippen molar-refractivity contribution in [1.29, 1.82) is 0 Å². The number of aromatic amines is 1. The zero-order chi connectivity index (χ0) is 22.8. The molecule has 2 aliphatic carbocycles. The Kier molecular flexibility index (Phi) is 5.67. The lowest BCUT2D eigenvalue weighted by atomic mass is 9.68. The molecule has 1 fully saturated rings. The SMILES string of the molecule is CON=C(c1n[nH]c2c1C=CC(c1cccc(OC)c1)(c1cccc(OC)c1)C2)C1CCC1. The Hall–Kier alpha value is -3.54. The lowest BCUT2D eigenvalue weighted by Gasteiger charge is -2.35. The molecule has 0 saturated heterocycles. The number of hydrogen-bond acceptors (Lipinski definition) is 5. The van der Waals surface area contributed by atoms with Gasteiger partial charge in [-0.05, 0) is 48.2 Å². The summed E-state index contributed by atoms with van der Waals surface area (Å²) in [5.41, 5.74) is 5.93. The summed E-state index contributed by atoms with van der Waals surface area (Å²) >= 11 is 0. The number of hydrogen-bond donors (Lipinski definition) is 1. The summed E-state index contributed by atoms with van der Waals surface area (Å²) in [6, 6.07) is 16.6. The molecule has 0 spiro atoms. The maximum absolute atomic E-state index is 5.55. The minimum absolute atomic E-state index is 0.394. The Bertz CT molecular complexity index is 1160. The number of allylic oxidation sites excluding steroid dienone is 1. The number of nitrogens with one attached hydrogen (secondary N) is 1. The summed E-state index contributed by atoms with van der Waals surface area (Å²) < 4.78 is 11.1. The average Bonchev–Trinajstić information content (AvgIpc) is 3.25. The van der Waals surface area contributed by atoms with Crippen molar-refractivity contribution in [2.45, 2.75) is 31.1 Å². The minimum atomic E-state index is -0.394. The van der Waals surface area contributed by atoms with Crippen LogP contribution in [0.25, 0.3) is 6.08 Å². The lowest BCUT2D eigenvalue weighted by Crippen LogP contribution is -2.31. The molecule has 1 saturated carbocycles. The van der Waals surface area contributed by atoms with Gasteiger partial charge in [-0.1, -0.05) is 48.0 Å². The Morgan fingerprint density at radius 3 is 2.21 bits per heavy atom. The highest BCUT2D eigenvalue weighted by molar-refractivity contribution is 6.04. The van der Waals surface area contributed by atoms with Crippen LogP contribution in [0.4, 0.5) is 0 Å². The van der Waals surface area contributed by atoms with Crippen molar-refractivity contribution in [3.63, 3.8) is 0 Å². The van der Waals surface area contributed by atoms with Crippen molar-refractivity contribution in [2.24, 2.45) is 11.1 Å². The number of nitrogens with zero attached hydrogens (tertiary/aromatic N) is 2. The predicted molar refractivity (Wildman–Crippen MR) is 129 cm³/mol. The van der Waals surface area contributed by atoms with Gasteiger partial charge in [0.1, 0.15) is 30.0 Å². The van der Waals surface area contributed by atoms with Crippen molar-refractivity contribution in [1.82, 2.24) is 10.2 Å². The van der Waals surface area contributed by atoms with Crippen LogP contribution in [0.3, 0.4) is 0 Å². The van der Waals surface area contributed by atoms with Gasteiger partial charge in [0.2, 0.25) is 0 Å². The van der Waals surface area contributed by atoms with E-state index in [9.17, 15) is 0 Å². The Morgan fingerprint density at radius 1 is 1.00 bits per heavy atom. The second-order valence-electron chi connectivity index (χ2n) is 8.70. The zero-order valence-corrected chi connectivity index (χ0v) is 19.3. The standard InChI is InChI=1S/C27H29N3O3/c1-31-21-11-5-9-19(15-21)27(20-10-6-12-22(16-20)32-2)14-13-23-24(17-27)28-29-26(23)25(30-33-3)18-7-4-8-18/h5-6,9-16,18H,4,7-8,17H2,1-3H3,(H,28,29). The molecule has 2 aromatic carbocycles. The Balaban J connectivity index is 1.63. The number of rotatable bonds is 7. The van der Waals surface area contributed by atoms with Crippen molar-refractivity contribution < 1.29 is 14.3 Å². The van der Waals surface area contributed by atoms with E-state index in [0.29, 0.717) is 5.92 Å². The third kappa shape index (κ3) is 3.69. The van der Waals surface area contributed by atoms with Gasteiger partial charge in [0.05, 0.1) is 14.2 Å². The summed E-state index contributed by atoms with van der Waals surface area (Å²) in [6.45, 7) is 0. The molecule has 0 atom stereocenters. The molecule has 6 heteroatoms. The number of aromatic nitrogens is 2. The highest BCUT2D eigenvalue weighted by atomic mass is 16.6. The third-order valence-corrected chi connectivity index (χ3v) is 6.97. The molecule has 5 rings (SSSR count). The summed E-state index contributed by atoms with van der Waals surface area (Å²) in [4.78, 5) is 5.19. The molecule has 2 aliphatic rings. The molecule has 6 nitrogen and oxygen atoms in total. The maximum atomic E-state index is 5.55. The van der Waals surface area contributed by atoms with E-state index >= 15 is 0 Å². The number of methoxy groups -OCH3 is 2. The maximum Gasteiger partial charge on any atom is 0.119 e. The topological polar surface area (TPSA) is 68.7 Å². The van der Waals surface area contributed by atoms with Crippen molar-refractivity contribution in [3.05, 3.63) is 82.7 Å². The van der Waals surface area contributed by atoms with E-state index in [1.165, 1.54) is 6.42 Å². The van der Waals surface area contributed by atoms with Gasteiger partial charge in [-0.2, -0.15) is 5.10 Å². The van der Waals surface area contributed by atoms with Gasteiger partial charge in [-0.3, -0.25) is 5.10 Å². The second-order valence-corrected chi connectivity index (χ2v) is 8.70. The summed E-state index contributed by atoms with van der Waals surface area (Å²) in [7, 11) is 5.00. The van der Waals surface area contributed by atoms with Gasteiger partial charge in [0.25, 0.3) is 0 Å². The first-order valence-electron chi connectivity index (χ1n) is 11.4. The molecule has 0 radical (unpaired) electrons. The van der Waals surface area contributed by atoms with Crippen LogP contribution in [0.2, 0.25) is 0 Å². The highest BCUT2D eigenvalue weighted by Gasteiger charge is 2.38. The number of ether oxygens (including phenoxy) is 2. The van der Waals surface area contributed by atoms with Gasteiger partial charge < -0.3 is 14.3 Å². The lowest BCUT2D eigenvalue weighted by molar-refractivity contribution is 0.208. The quantitative estimate of drug-likeness (QED) is 0.406. The molecular formula is C27H29N3O3. The monoisotopic (exact) mass is 443 g/mol. The van der Waals surface area contributed by atoms with E-state index in [1.807, 2.05) is 24.3 Å². The molecule has 0 bridgehead atoms. The summed E-state index contributed by atoms with van der Waals surface area (Å²) in [6.07, 6.45) is 8.68. The van der Waals surface area contributed by atoms with Crippen LogP contribution in [-0.2, 0) is 16.7 Å². The molecular weight excluding hydrogens is 414 g/mol. The first kappa shape index (κ1) is 21.3. The molecule has 0 amide bonds. The van der Waals surface area contributed by atoms with E-state index in [1.54, 1.807) is 21.3 Å². The molecule has 1 aromatic heterocycles. The van der Waals surface area contributed by atoms with Gasteiger partial charge in [-0.15, -0.1) is 0 Å². The van der Waals surface area contributed by atoms with Crippen LogP contribution in [0.15, 0.2) is 59.8 Å². The molecule has 1 heterocycles. The third-order valence-electron chi connectivity index (χ3n) is 6.97. The van der Waals surface area contributed by atoms with Crippen LogP contribution in [0, 0.1) is 5.92 Å².